The molecule has 1 N–H and O–H groups in total. The van der Waals surface area contributed by atoms with Gasteiger partial charge < -0.3 is 5.32 Å². The van der Waals surface area contributed by atoms with E-state index >= 15 is 0 Å². The fourth-order valence-corrected chi connectivity index (χ4v) is 2.27. The fourth-order valence-electron chi connectivity index (χ4n) is 2.27. The van der Waals surface area contributed by atoms with Crippen LogP contribution >= 0.6 is 0 Å². The van der Waals surface area contributed by atoms with Crippen LogP contribution in [0.5, 0.6) is 0 Å². The second-order valence-corrected chi connectivity index (χ2v) is 5.56. The van der Waals surface area contributed by atoms with Crippen LogP contribution in [0.4, 0.5) is 0 Å². The van der Waals surface area contributed by atoms with Crippen LogP contribution in [-0.2, 0) is 6.54 Å². The number of pyridine rings is 1. The molecule has 1 aromatic heterocycles. The van der Waals surface area contributed by atoms with Crippen LogP contribution in [0.2, 0.25) is 0 Å². The van der Waals surface area contributed by atoms with Crippen molar-refractivity contribution in [3.63, 3.8) is 0 Å². The highest BCUT2D eigenvalue weighted by molar-refractivity contribution is 5.83. The molecule has 0 spiro atoms. The molecule has 1 heterocycles. The maximum atomic E-state index is 4.78. The minimum Gasteiger partial charge on any atom is -0.313 e. The van der Waals surface area contributed by atoms with Crippen LogP contribution < -0.4 is 5.32 Å². The van der Waals surface area contributed by atoms with E-state index in [4.69, 9.17) is 4.98 Å². The summed E-state index contributed by atoms with van der Waals surface area (Å²) < 4.78 is 0. The molecular formula is C17H24N2. The summed E-state index contributed by atoms with van der Waals surface area (Å²) in [6.45, 7) is 10.7. The minimum atomic E-state index is 0.468. The van der Waals surface area contributed by atoms with Crippen LogP contribution in [0.3, 0.4) is 0 Å². The maximum absolute atomic E-state index is 4.78. The second-order valence-electron chi connectivity index (χ2n) is 5.56. The molecule has 2 aromatic rings. The molecule has 0 unspecified atom stereocenters. The molecule has 19 heavy (non-hydrogen) atoms. The minimum absolute atomic E-state index is 0.468. The smallest absolute Gasteiger partial charge is 0.0708 e. The average Bonchev–Trinajstić information content (AvgIpc) is 2.39. The van der Waals surface area contributed by atoms with Gasteiger partial charge in [-0.05, 0) is 49.6 Å². The summed E-state index contributed by atoms with van der Waals surface area (Å²) in [6.07, 6.45) is 1.17. The summed E-state index contributed by atoms with van der Waals surface area (Å²) >= 11 is 0. The molecule has 0 atom stereocenters. The highest BCUT2D eigenvalue weighted by atomic mass is 14.8. The summed E-state index contributed by atoms with van der Waals surface area (Å²) in [5, 5.41) is 4.79. The Kier molecular flexibility index (Phi) is 4.54. The number of hydrogen-bond donors (Lipinski definition) is 1. The van der Waals surface area contributed by atoms with E-state index in [0.29, 0.717) is 5.92 Å². The molecule has 2 heteroatoms. The monoisotopic (exact) mass is 256 g/mol. The number of rotatable bonds is 5. The summed E-state index contributed by atoms with van der Waals surface area (Å²) in [6, 6.07) is 8.78. The lowest BCUT2D eigenvalue weighted by Crippen LogP contribution is -2.14. The molecule has 2 nitrogen and oxygen atoms in total. The molecule has 0 bridgehead atoms. The number of aryl methyl sites for hydroxylation is 1. The van der Waals surface area contributed by atoms with Gasteiger partial charge in [-0.2, -0.15) is 0 Å². The van der Waals surface area contributed by atoms with Crippen molar-refractivity contribution < 1.29 is 0 Å². The first-order chi connectivity index (χ1) is 9.11. The van der Waals surface area contributed by atoms with Gasteiger partial charge in [0.25, 0.3) is 0 Å². The molecule has 0 aliphatic heterocycles. The molecule has 0 saturated carbocycles. The quantitative estimate of drug-likeness (QED) is 0.812. The Bertz CT molecular complexity index is 558. The van der Waals surface area contributed by atoms with E-state index in [9.17, 15) is 0 Å². The molecule has 102 valence electrons. The van der Waals surface area contributed by atoms with E-state index in [2.05, 4.69) is 57.3 Å². The Morgan fingerprint density at radius 3 is 2.68 bits per heavy atom. The molecule has 1 aromatic carbocycles. The SMILES string of the molecule is CCCNCc1cc(C(C)C)nc2ccc(C)cc12. The third-order valence-electron chi connectivity index (χ3n) is 3.40. The summed E-state index contributed by atoms with van der Waals surface area (Å²) in [5.41, 5.74) is 4.96. The van der Waals surface area contributed by atoms with Gasteiger partial charge in [0.1, 0.15) is 0 Å². The van der Waals surface area contributed by atoms with Crippen molar-refractivity contribution in [1.29, 1.82) is 0 Å². The third-order valence-corrected chi connectivity index (χ3v) is 3.40. The lowest BCUT2D eigenvalue weighted by atomic mass is 10.0. The van der Waals surface area contributed by atoms with E-state index in [1.165, 1.54) is 28.6 Å². The Hall–Kier alpha value is -1.41. The van der Waals surface area contributed by atoms with Crippen molar-refractivity contribution in [2.75, 3.05) is 6.54 Å². The van der Waals surface area contributed by atoms with Crippen molar-refractivity contribution in [1.82, 2.24) is 10.3 Å². The summed E-state index contributed by atoms with van der Waals surface area (Å²) in [5.74, 6) is 0.468. The molecule has 0 amide bonds. The number of nitrogens with zero attached hydrogens (tertiary/aromatic N) is 1. The zero-order chi connectivity index (χ0) is 13.8. The number of fused-ring (bicyclic) bond motifs is 1. The predicted octanol–water partition coefficient (Wildman–Crippen LogP) is 4.17. The van der Waals surface area contributed by atoms with Gasteiger partial charge >= 0.3 is 0 Å². The predicted molar refractivity (Wildman–Crippen MR) is 82.6 cm³/mol. The normalized spacial score (nSPS) is 11.4. The van der Waals surface area contributed by atoms with Gasteiger partial charge in [-0.15, -0.1) is 0 Å². The lowest BCUT2D eigenvalue weighted by Gasteiger charge is -2.13. The van der Waals surface area contributed by atoms with Crippen LogP contribution in [-0.4, -0.2) is 11.5 Å². The van der Waals surface area contributed by atoms with E-state index in [0.717, 1.165) is 18.6 Å². The molecule has 2 rings (SSSR count). The molecule has 0 aliphatic rings. The van der Waals surface area contributed by atoms with Crippen molar-refractivity contribution in [2.24, 2.45) is 0 Å². The molecular weight excluding hydrogens is 232 g/mol. The second kappa shape index (κ2) is 6.16. The largest absolute Gasteiger partial charge is 0.313 e. The van der Waals surface area contributed by atoms with Crippen molar-refractivity contribution >= 4 is 10.9 Å². The van der Waals surface area contributed by atoms with E-state index < -0.39 is 0 Å². The Balaban J connectivity index is 2.46. The van der Waals surface area contributed by atoms with Crippen LogP contribution in [0, 0.1) is 6.92 Å². The first-order valence-corrected chi connectivity index (χ1v) is 7.22. The zero-order valence-corrected chi connectivity index (χ0v) is 12.5. The van der Waals surface area contributed by atoms with Crippen LogP contribution in [0.1, 0.15) is 49.9 Å². The van der Waals surface area contributed by atoms with E-state index in [1.54, 1.807) is 0 Å². The average molecular weight is 256 g/mol. The van der Waals surface area contributed by atoms with Crippen molar-refractivity contribution in [3.8, 4) is 0 Å². The maximum Gasteiger partial charge on any atom is 0.0708 e. The number of benzene rings is 1. The van der Waals surface area contributed by atoms with Crippen LogP contribution in [0.25, 0.3) is 10.9 Å². The van der Waals surface area contributed by atoms with E-state index in [-0.39, 0.29) is 0 Å². The molecule has 0 radical (unpaired) electrons. The number of hydrogen-bond acceptors (Lipinski definition) is 2. The lowest BCUT2D eigenvalue weighted by molar-refractivity contribution is 0.676. The summed E-state index contributed by atoms with van der Waals surface area (Å²) in [4.78, 5) is 4.78. The Morgan fingerprint density at radius 2 is 2.00 bits per heavy atom. The molecule has 0 fully saturated rings. The first kappa shape index (κ1) is 14.0. The zero-order valence-electron chi connectivity index (χ0n) is 12.5. The third kappa shape index (κ3) is 3.32. The van der Waals surface area contributed by atoms with Crippen molar-refractivity contribution in [2.45, 2.75) is 46.6 Å². The first-order valence-electron chi connectivity index (χ1n) is 7.22. The number of nitrogens with one attached hydrogen (secondary N) is 1. The number of aromatic nitrogens is 1. The van der Waals surface area contributed by atoms with Gasteiger partial charge in [0, 0.05) is 17.6 Å². The van der Waals surface area contributed by atoms with Crippen molar-refractivity contribution in [3.05, 3.63) is 41.1 Å². The van der Waals surface area contributed by atoms with Gasteiger partial charge in [-0.3, -0.25) is 4.98 Å². The van der Waals surface area contributed by atoms with E-state index in [1.807, 2.05) is 0 Å². The van der Waals surface area contributed by atoms with Gasteiger partial charge in [0.15, 0.2) is 0 Å². The highest BCUT2D eigenvalue weighted by Crippen LogP contribution is 2.23. The topological polar surface area (TPSA) is 24.9 Å². The Morgan fingerprint density at radius 1 is 1.21 bits per heavy atom. The fraction of sp³-hybridized carbons (Fsp3) is 0.471. The standard InChI is InChI=1S/C17H24N2/c1-5-8-18-11-14-10-17(12(2)3)19-16-7-6-13(4)9-15(14)16/h6-7,9-10,12,18H,5,8,11H2,1-4H3. The Labute approximate surface area is 116 Å². The molecule has 0 saturated heterocycles. The van der Waals surface area contributed by atoms with Crippen LogP contribution in [0.15, 0.2) is 24.3 Å². The van der Waals surface area contributed by atoms with Gasteiger partial charge in [-0.1, -0.05) is 32.4 Å². The summed E-state index contributed by atoms with van der Waals surface area (Å²) in [7, 11) is 0. The van der Waals surface area contributed by atoms with Gasteiger partial charge in [0.2, 0.25) is 0 Å². The van der Waals surface area contributed by atoms with Gasteiger partial charge in [-0.25, -0.2) is 0 Å². The highest BCUT2D eigenvalue weighted by Gasteiger charge is 2.08. The molecule has 0 aliphatic carbocycles. The van der Waals surface area contributed by atoms with Gasteiger partial charge in [0.05, 0.1) is 5.52 Å².